The average molecular weight is 394 g/mol. The van der Waals surface area contributed by atoms with Crippen LogP contribution in [0.1, 0.15) is 24.2 Å². The van der Waals surface area contributed by atoms with Crippen LogP contribution in [0.2, 0.25) is 0 Å². The van der Waals surface area contributed by atoms with Crippen molar-refractivity contribution in [2.75, 3.05) is 36.5 Å². The number of rotatable bonds is 4. The maximum atomic E-state index is 13.1. The van der Waals surface area contributed by atoms with Gasteiger partial charge in [0.15, 0.2) is 0 Å². The van der Waals surface area contributed by atoms with Gasteiger partial charge in [0.25, 0.3) is 0 Å². The maximum Gasteiger partial charge on any atom is 0.416 e. The Balaban J connectivity index is 1.80. The lowest BCUT2D eigenvalue weighted by atomic mass is 10.1. The fraction of sp³-hybridized carbons (Fsp3) is 0.368. The summed E-state index contributed by atoms with van der Waals surface area (Å²) in [6, 6.07) is 7.65. The first kappa shape index (κ1) is 19.9. The minimum atomic E-state index is -4.50. The molecule has 3 rings (SSSR count). The topological polar surface area (TPSA) is 66.5 Å². The number of anilines is 2. The Labute approximate surface area is 160 Å². The molecule has 1 aliphatic heterocycles. The number of alkyl halides is 3. The highest BCUT2D eigenvalue weighted by molar-refractivity contribution is 5.93. The zero-order valence-electron chi connectivity index (χ0n) is 15.3. The van der Waals surface area contributed by atoms with Crippen LogP contribution in [0.25, 0.3) is 0 Å². The molecule has 0 saturated carbocycles. The number of halogens is 3. The lowest BCUT2D eigenvalue weighted by Crippen LogP contribution is -2.37. The smallest absolute Gasteiger partial charge is 0.378 e. The first-order chi connectivity index (χ1) is 13.3. The number of carbonyl (C=O) groups is 1. The van der Waals surface area contributed by atoms with E-state index in [9.17, 15) is 18.0 Å². The minimum absolute atomic E-state index is 0.0995. The number of amides is 2. The van der Waals surface area contributed by atoms with Gasteiger partial charge in [-0.1, -0.05) is 6.07 Å². The summed E-state index contributed by atoms with van der Waals surface area (Å²) in [4.78, 5) is 18.5. The zero-order valence-corrected chi connectivity index (χ0v) is 15.3. The third kappa shape index (κ3) is 4.92. The molecule has 1 aliphatic rings. The van der Waals surface area contributed by atoms with E-state index in [-0.39, 0.29) is 5.69 Å². The largest absolute Gasteiger partial charge is 0.416 e. The van der Waals surface area contributed by atoms with E-state index in [4.69, 9.17) is 4.74 Å². The average Bonchev–Trinajstić information content (AvgIpc) is 2.68. The highest BCUT2D eigenvalue weighted by atomic mass is 19.4. The van der Waals surface area contributed by atoms with Crippen LogP contribution in [-0.2, 0) is 10.9 Å². The highest BCUT2D eigenvalue weighted by Gasteiger charge is 2.32. The van der Waals surface area contributed by atoms with Crippen molar-refractivity contribution < 1.29 is 22.7 Å². The lowest BCUT2D eigenvalue weighted by Gasteiger charge is -2.31. The van der Waals surface area contributed by atoms with Gasteiger partial charge in [-0.15, -0.1) is 0 Å². The van der Waals surface area contributed by atoms with E-state index >= 15 is 0 Å². The number of nitrogens with one attached hydrogen (secondary N) is 2. The van der Waals surface area contributed by atoms with Gasteiger partial charge in [0.2, 0.25) is 0 Å². The summed E-state index contributed by atoms with van der Waals surface area (Å²) in [5.74, 6) is 0. The number of pyridine rings is 1. The number of nitrogens with zero attached hydrogens (tertiary/aromatic N) is 2. The Hall–Kier alpha value is -2.81. The summed E-state index contributed by atoms with van der Waals surface area (Å²) < 4.78 is 44.7. The zero-order chi connectivity index (χ0) is 20.1. The van der Waals surface area contributed by atoms with E-state index in [1.807, 2.05) is 4.90 Å². The molecule has 2 aromatic rings. The van der Waals surface area contributed by atoms with Crippen molar-refractivity contribution in [3.8, 4) is 0 Å². The van der Waals surface area contributed by atoms with Gasteiger partial charge in [0.05, 0.1) is 41.9 Å². The molecule has 0 spiro atoms. The second kappa shape index (κ2) is 8.47. The molecule has 6 nitrogen and oxygen atoms in total. The summed E-state index contributed by atoms with van der Waals surface area (Å²) in [6.07, 6.45) is -2.90. The minimum Gasteiger partial charge on any atom is -0.378 e. The van der Waals surface area contributed by atoms with Crippen molar-refractivity contribution >= 4 is 17.4 Å². The van der Waals surface area contributed by atoms with Crippen LogP contribution in [0.15, 0.2) is 42.6 Å². The van der Waals surface area contributed by atoms with Gasteiger partial charge < -0.3 is 20.3 Å². The van der Waals surface area contributed by atoms with Crippen LogP contribution in [0.3, 0.4) is 0 Å². The Morgan fingerprint density at radius 2 is 1.96 bits per heavy atom. The molecule has 2 heterocycles. The number of urea groups is 1. The predicted molar refractivity (Wildman–Crippen MR) is 99.3 cm³/mol. The van der Waals surface area contributed by atoms with E-state index < -0.39 is 23.8 Å². The standard InChI is InChI=1S/C19H21F3N4O2/c1-13(15-4-2-3-7-23-15)24-18(27)25-16-12-14(19(20,21)22)5-6-17(16)26-8-10-28-11-9-26/h2-7,12-13H,8-11H2,1H3,(H2,24,25,27). The number of hydrogen-bond donors (Lipinski definition) is 2. The number of morpholine rings is 1. The first-order valence-corrected chi connectivity index (χ1v) is 8.87. The Bertz CT molecular complexity index is 809. The molecule has 28 heavy (non-hydrogen) atoms. The molecule has 1 unspecified atom stereocenters. The third-order valence-electron chi connectivity index (χ3n) is 4.40. The van der Waals surface area contributed by atoms with Crippen LogP contribution >= 0.6 is 0 Å². The normalized spacial score (nSPS) is 15.8. The van der Waals surface area contributed by atoms with Crippen molar-refractivity contribution in [3.05, 3.63) is 53.9 Å². The Morgan fingerprint density at radius 1 is 1.21 bits per heavy atom. The molecule has 2 amide bonds. The van der Waals surface area contributed by atoms with Gasteiger partial charge in [0.1, 0.15) is 0 Å². The number of ether oxygens (including phenoxy) is 1. The van der Waals surface area contributed by atoms with Crippen molar-refractivity contribution in [2.45, 2.75) is 19.1 Å². The Morgan fingerprint density at radius 3 is 2.61 bits per heavy atom. The maximum absolute atomic E-state index is 13.1. The van der Waals surface area contributed by atoms with Gasteiger partial charge in [0, 0.05) is 19.3 Å². The van der Waals surface area contributed by atoms with Gasteiger partial charge in [-0.05, 0) is 37.3 Å². The molecule has 0 radical (unpaired) electrons. The van der Waals surface area contributed by atoms with Crippen LogP contribution in [-0.4, -0.2) is 37.3 Å². The van der Waals surface area contributed by atoms with E-state index in [1.54, 1.807) is 31.3 Å². The van der Waals surface area contributed by atoms with Crippen molar-refractivity contribution in [3.63, 3.8) is 0 Å². The van der Waals surface area contributed by atoms with Gasteiger partial charge in [-0.25, -0.2) is 4.79 Å². The van der Waals surface area contributed by atoms with Crippen LogP contribution in [0.4, 0.5) is 29.3 Å². The number of hydrogen-bond acceptors (Lipinski definition) is 4. The fourth-order valence-electron chi connectivity index (χ4n) is 2.95. The molecular weight excluding hydrogens is 373 g/mol. The fourth-order valence-corrected chi connectivity index (χ4v) is 2.95. The lowest BCUT2D eigenvalue weighted by molar-refractivity contribution is -0.137. The molecule has 1 saturated heterocycles. The van der Waals surface area contributed by atoms with Crippen molar-refractivity contribution in [1.82, 2.24) is 10.3 Å². The SMILES string of the molecule is CC(NC(=O)Nc1cc(C(F)(F)F)ccc1N1CCOCC1)c1ccccn1. The van der Waals surface area contributed by atoms with E-state index in [0.29, 0.717) is 37.7 Å². The van der Waals surface area contributed by atoms with E-state index in [0.717, 1.165) is 12.1 Å². The molecule has 1 atom stereocenters. The second-order valence-corrected chi connectivity index (χ2v) is 6.40. The van der Waals surface area contributed by atoms with Crippen LogP contribution < -0.4 is 15.5 Å². The molecule has 1 aromatic heterocycles. The number of benzene rings is 1. The summed E-state index contributed by atoms with van der Waals surface area (Å²) in [5.41, 5.74) is 0.451. The second-order valence-electron chi connectivity index (χ2n) is 6.40. The molecule has 9 heteroatoms. The third-order valence-corrected chi connectivity index (χ3v) is 4.40. The summed E-state index contributed by atoms with van der Waals surface area (Å²) >= 11 is 0. The monoisotopic (exact) mass is 394 g/mol. The molecule has 0 aliphatic carbocycles. The molecule has 0 bridgehead atoms. The van der Waals surface area contributed by atoms with Gasteiger partial charge in [-0.2, -0.15) is 13.2 Å². The predicted octanol–water partition coefficient (Wildman–Crippen LogP) is 3.82. The number of carbonyl (C=O) groups excluding carboxylic acids is 1. The molecule has 2 N–H and O–H groups in total. The molecule has 1 fully saturated rings. The van der Waals surface area contributed by atoms with Crippen molar-refractivity contribution in [1.29, 1.82) is 0 Å². The molecule has 1 aromatic carbocycles. The van der Waals surface area contributed by atoms with Crippen LogP contribution in [0, 0.1) is 0 Å². The van der Waals surface area contributed by atoms with E-state index in [2.05, 4.69) is 15.6 Å². The Kier molecular flexibility index (Phi) is 6.03. The highest BCUT2D eigenvalue weighted by Crippen LogP contribution is 2.35. The van der Waals surface area contributed by atoms with Crippen molar-refractivity contribution in [2.24, 2.45) is 0 Å². The van der Waals surface area contributed by atoms with Gasteiger partial charge in [-0.3, -0.25) is 4.98 Å². The quantitative estimate of drug-likeness (QED) is 0.828. The molecular formula is C19H21F3N4O2. The van der Waals surface area contributed by atoms with Crippen LogP contribution in [0.5, 0.6) is 0 Å². The first-order valence-electron chi connectivity index (χ1n) is 8.87. The summed E-state index contributed by atoms with van der Waals surface area (Å²) in [6.45, 7) is 3.77. The number of aromatic nitrogens is 1. The summed E-state index contributed by atoms with van der Waals surface area (Å²) in [7, 11) is 0. The summed E-state index contributed by atoms with van der Waals surface area (Å²) in [5, 5.41) is 5.26. The molecule has 150 valence electrons. The van der Waals surface area contributed by atoms with Gasteiger partial charge >= 0.3 is 12.2 Å². The van der Waals surface area contributed by atoms with E-state index in [1.165, 1.54) is 6.07 Å².